The molecule has 90 valence electrons. The highest BCUT2D eigenvalue weighted by Gasteiger charge is 2.24. The zero-order chi connectivity index (χ0) is 12.4. The molecule has 1 aromatic rings. The van der Waals surface area contributed by atoms with Crippen molar-refractivity contribution in [3.63, 3.8) is 0 Å². The Kier molecular flexibility index (Phi) is 3.19. The molecule has 1 aliphatic rings. The zero-order valence-corrected chi connectivity index (χ0v) is 10.1. The number of nitro groups is 1. The molecule has 0 radical (unpaired) electrons. The van der Waals surface area contributed by atoms with Crippen LogP contribution in [-0.4, -0.2) is 16.5 Å². The molecule has 7 heteroatoms. The molecule has 0 aliphatic carbocycles. The van der Waals surface area contributed by atoms with Gasteiger partial charge in [-0.05, 0) is 12.5 Å². The smallest absolute Gasteiger partial charge is 0.324 e. The number of hydrogen-bond acceptors (Lipinski definition) is 6. The Balaban J connectivity index is 2.34. The van der Waals surface area contributed by atoms with Gasteiger partial charge >= 0.3 is 5.00 Å². The Morgan fingerprint density at radius 1 is 1.59 bits per heavy atom. The minimum atomic E-state index is -0.393. The van der Waals surface area contributed by atoms with Crippen molar-refractivity contribution in [2.75, 3.05) is 0 Å². The highest BCUT2D eigenvalue weighted by Crippen LogP contribution is 2.29. The second-order valence-corrected chi connectivity index (χ2v) is 4.84. The van der Waals surface area contributed by atoms with E-state index in [0.29, 0.717) is 12.3 Å². The fourth-order valence-corrected chi connectivity index (χ4v) is 2.63. The van der Waals surface area contributed by atoms with Crippen molar-refractivity contribution in [1.82, 2.24) is 0 Å². The van der Waals surface area contributed by atoms with Crippen molar-refractivity contribution in [2.45, 2.75) is 19.8 Å². The van der Waals surface area contributed by atoms with Crippen LogP contribution in [0.4, 0.5) is 5.00 Å². The van der Waals surface area contributed by atoms with E-state index in [1.807, 2.05) is 6.92 Å². The van der Waals surface area contributed by atoms with Gasteiger partial charge in [-0.2, -0.15) is 5.10 Å². The standard InChI is InChI=1S/C10H12N4O2S/c1-2-6-5-8(11)12-13-10(6)7-3-4-9(17-7)14(15)16/h3-4,6H,2,5H2,1H3,(H2,11,12). The Morgan fingerprint density at radius 3 is 2.94 bits per heavy atom. The highest BCUT2D eigenvalue weighted by molar-refractivity contribution is 7.17. The van der Waals surface area contributed by atoms with Crippen LogP contribution in [-0.2, 0) is 0 Å². The third-order valence-corrected chi connectivity index (χ3v) is 3.70. The maximum absolute atomic E-state index is 10.6. The van der Waals surface area contributed by atoms with Gasteiger partial charge in [-0.15, -0.1) is 5.10 Å². The number of hydrogen-bond donors (Lipinski definition) is 1. The van der Waals surface area contributed by atoms with Crippen LogP contribution in [0.2, 0.25) is 0 Å². The molecule has 17 heavy (non-hydrogen) atoms. The zero-order valence-electron chi connectivity index (χ0n) is 9.29. The average molecular weight is 252 g/mol. The predicted octanol–water partition coefficient (Wildman–Crippen LogP) is 2.15. The van der Waals surface area contributed by atoms with Gasteiger partial charge in [0.15, 0.2) is 0 Å². The van der Waals surface area contributed by atoms with Gasteiger partial charge in [0, 0.05) is 18.4 Å². The van der Waals surface area contributed by atoms with Gasteiger partial charge in [0.25, 0.3) is 0 Å². The Labute approximate surface area is 102 Å². The Morgan fingerprint density at radius 2 is 2.35 bits per heavy atom. The fourth-order valence-electron chi connectivity index (χ4n) is 1.74. The van der Waals surface area contributed by atoms with Gasteiger partial charge in [-0.1, -0.05) is 18.3 Å². The first-order valence-electron chi connectivity index (χ1n) is 5.26. The molecule has 1 aromatic heterocycles. The first kappa shape index (κ1) is 11.7. The van der Waals surface area contributed by atoms with Crippen LogP contribution < -0.4 is 5.73 Å². The van der Waals surface area contributed by atoms with Crippen molar-refractivity contribution in [2.24, 2.45) is 21.9 Å². The Hall–Kier alpha value is -1.76. The van der Waals surface area contributed by atoms with E-state index in [-0.39, 0.29) is 10.9 Å². The van der Waals surface area contributed by atoms with Crippen LogP contribution in [0.1, 0.15) is 24.6 Å². The summed E-state index contributed by atoms with van der Waals surface area (Å²) in [6.07, 6.45) is 1.56. The average Bonchev–Trinajstić information content (AvgIpc) is 2.78. The molecule has 0 spiro atoms. The molecule has 2 rings (SSSR count). The summed E-state index contributed by atoms with van der Waals surface area (Å²) in [5, 5.41) is 18.7. The number of amidine groups is 1. The summed E-state index contributed by atoms with van der Waals surface area (Å²) < 4.78 is 0. The lowest BCUT2D eigenvalue weighted by Gasteiger charge is -2.18. The summed E-state index contributed by atoms with van der Waals surface area (Å²) in [6, 6.07) is 3.22. The molecular weight excluding hydrogens is 240 g/mol. The summed E-state index contributed by atoms with van der Waals surface area (Å²) in [7, 11) is 0. The number of thiophene rings is 1. The molecule has 0 fully saturated rings. The van der Waals surface area contributed by atoms with E-state index in [9.17, 15) is 10.1 Å². The molecule has 2 N–H and O–H groups in total. The monoisotopic (exact) mass is 252 g/mol. The van der Waals surface area contributed by atoms with E-state index < -0.39 is 4.92 Å². The summed E-state index contributed by atoms with van der Waals surface area (Å²) in [6.45, 7) is 2.04. The molecule has 0 saturated carbocycles. The van der Waals surface area contributed by atoms with Crippen molar-refractivity contribution in [1.29, 1.82) is 0 Å². The molecule has 6 nitrogen and oxygen atoms in total. The van der Waals surface area contributed by atoms with Crippen LogP contribution in [0.3, 0.4) is 0 Å². The van der Waals surface area contributed by atoms with Gasteiger partial charge in [0.05, 0.1) is 15.5 Å². The van der Waals surface area contributed by atoms with Crippen molar-refractivity contribution >= 4 is 27.9 Å². The fraction of sp³-hybridized carbons (Fsp3) is 0.400. The van der Waals surface area contributed by atoms with Crippen LogP contribution in [0.5, 0.6) is 0 Å². The van der Waals surface area contributed by atoms with Crippen LogP contribution in [0.15, 0.2) is 22.3 Å². The van der Waals surface area contributed by atoms with E-state index in [2.05, 4.69) is 10.2 Å². The quantitative estimate of drug-likeness (QED) is 0.659. The Bertz CT molecular complexity index is 506. The summed E-state index contributed by atoms with van der Waals surface area (Å²) in [5.74, 6) is 0.720. The van der Waals surface area contributed by atoms with E-state index in [1.54, 1.807) is 6.07 Å². The molecular formula is C10H12N4O2S. The lowest BCUT2D eigenvalue weighted by Crippen LogP contribution is -2.26. The largest absolute Gasteiger partial charge is 0.386 e. The van der Waals surface area contributed by atoms with Gasteiger partial charge < -0.3 is 5.73 Å². The summed E-state index contributed by atoms with van der Waals surface area (Å²) >= 11 is 1.13. The third-order valence-electron chi connectivity index (χ3n) is 2.65. The number of nitrogens with two attached hydrogens (primary N) is 1. The minimum absolute atomic E-state index is 0.125. The first-order chi connectivity index (χ1) is 8.11. The maximum Gasteiger partial charge on any atom is 0.324 e. The molecule has 0 amide bonds. The number of rotatable bonds is 3. The highest BCUT2D eigenvalue weighted by atomic mass is 32.1. The van der Waals surface area contributed by atoms with Crippen LogP contribution in [0.25, 0.3) is 0 Å². The normalized spacial score (nSPS) is 19.7. The number of nitrogens with zero attached hydrogens (tertiary/aromatic N) is 3. The van der Waals surface area contributed by atoms with Crippen LogP contribution in [0, 0.1) is 16.0 Å². The van der Waals surface area contributed by atoms with Gasteiger partial charge in [0.1, 0.15) is 5.84 Å². The van der Waals surface area contributed by atoms with Gasteiger partial charge in [-0.3, -0.25) is 10.1 Å². The van der Waals surface area contributed by atoms with Crippen molar-refractivity contribution in [3.05, 3.63) is 27.1 Å². The maximum atomic E-state index is 10.6. The molecule has 1 atom stereocenters. The topological polar surface area (TPSA) is 93.9 Å². The minimum Gasteiger partial charge on any atom is -0.386 e. The third kappa shape index (κ3) is 2.33. The lowest BCUT2D eigenvalue weighted by molar-refractivity contribution is -0.380. The van der Waals surface area contributed by atoms with E-state index in [4.69, 9.17) is 5.73 Å². The van der Waals surface area contributed by atoms with E-state index in [1.165, 1.54) is 6.07 Å². The molecule has 2 heterocycles. The second kappa shape index (κ2) is 4.62. The summed E-state index contributed by atoms with van der Waals surface area (Å²) in [4.78, 5) is 11.0. The van der Waals surface area contributed by atoms with E-state index >= 15 is 0 Å². The summed E-state index contributed by atoms with van der Waals surface area (Å²) in [5.41, 5.74) is 6.44. The van der Waals surface area contributed by atoms with Gasteiger partial charge in [0.2, 0.25) is 0 Å². The molecule has 1 unspecified atom stereocenters. The second-order valence-electron chi connectivity index (χ2n) is 3.78. The van der Waals surface area contributed by atoms with Gasteiger partial charge in [-0.25, -0.2) is 0 Å². The first-order valence-corrected chi connectivity index (χ1v) is 6.08. The van der Waals surface area contributed by atoms with Crippen molar-refractivity contribution in [3.8, 4) is 0 Å². The van der Waals surface area contributed by atoms with Crippen LogP contribution >= 0.6 is 11.3 Å². The molecule has 0 aromatic carbocycles. The molecule has 1 aliphatic heterocycles. The van der Waals surface area contributed by atoms with E-state index in [0.717, 1.165) is 28.3 Å². The van der Waals surface area contributed by atoms with Crippen molar-refractivity contribution < 1.29 is 4.92 Å². The molecule has 0 saturated heterocycles. The predicted molar refractivity (Wildman–Crippen MR) is 67.5 cm³/mol. The SMILES string of the molecule is CCC1CC(N)=NN=C1c1ccc([N+](=O)[O-])s1. The molecule has 0 bridgehead atoms. The lowest BCUT2D eigenvalue weighted by atomic mass is 9.94.